The largest absolute Gasteiger partial charge is 0.141 e. The van der Waals surface area contributed by atoms with Gasteiger partial charge in [-0.3, -0.25) is 0 Å². The Kier molecular flexibility index (Phi) is 5.29. The third kappa shape index (κ3) is 4.19. The molecule has 0 amide bonds. The van der Waals surface area contributed by atoms with Crippen molar-refractivity contribution in [3.8, 4) is 0 Å². The molecule has 0 heterocycles. The topological polar surface area (TPSA) is 0 Å². The van der Waals surface area contributed by atoms with Crippen molar-refractivity contribution < 1.29 is 0 Å². The van der Waals surface area contributed by atoms with Crippen molar-refractivity contribution in [2.75, 3.05) is 0 Å². The summed E-state index contributed by atoms with van der Waals surface area (Å²) in [4.78, 5) is 0. The van der Waals surface area contributed by atoms with E-state index in [2.05, 4.69) is 0 Å². The van der Waals surface area contributed by atoms with Gasteiger partial charge in [-0.2, -0.15) is 0 Å². The Labute approximate surface area is 57.7 Å². The molecule has 0 N–H and O–H groups in total. The molecule has 0 spiro atoms. The molecule has 0 aromatic carbocycles. The average molecular weight is 204 g/mol. The summed E-state index contributed by atoms with van der Waals surface area (Å²) in [6, 6.07) is 0. The van der Waals surface area contributed by atoms with Crippen molar-refractivity contribution in [2.24, 2.45) is 0 Å². The normalized spacial score (nSPS) is 11.0. The Morgan fingerprint density at radius 1 is 0.667 bits per heavy atom. The van der Waals surface area contributed by atoms with E-state index in [4.69, 9.17) is 45.0 Å². The van der Waals surface area contributed by atoms with Crippen LogP contribution < -0.4 is 0 Å². The Bertz CT molecular complexity index is 26.5. The van der Waals surface area contributed by atoms with Crippen LogP contribution in [-0.4, -0.2) is 0 Å². The van der Waals surface area contributed by atoms with Crippen molar-refractivity contribution >= 4 is 57.6 Å². The maximum Gasteiger partial charge on any atom is 0.141 e. The van der Waals surface area contributed by atoms with Gasteiger partial charge in [0.05, 0.1) is 0 Å². The van der Waals surface area contributed by atoms with Crippen LogP contribution in [0.3, 0.4) is 0 Å². The van der Waals surface area contributed by atoms with Crippen LogP contribution in [0.4, 0.5) is 0 Å². The lowest BCUT2D eigenvalue weighted by Gasteiger charge is -1.93. The first-order valence-corrected chi connectivity index (χ1v) is 7.89. The van der Waals surface area contributed by atoms with Crippen molar-refractivity contribution in [2.45, 2.75) is 0 Å². The summed E-state index contributed by atoms with van der Waals surface area (Å²) in [6.07, 6.45) is -2.24. The summed E-state index contributed by atoms with van der Waals surface area (Å²) in [5.74, 6) is 0. The minimum absolute atomic E-state index is 1.12. The summed E-state index contributed by atoms with van der Waals surface area (Å²) >= 11 is 20.8. The van der Waals surface area contributed by atoms with E-state index in [9.17, 15) is 0 Å². The molecule has 0 atom stereocenters. The van der Waals surface area contributed by atoms with Crippen LogP contribution in [0.5, 0.6) is 0 Å². The van der Waals surface area contributed by atoms with Crippen molar-refractivity contribution in [3.63, 3.8) is 0 Å². The maximum absolute atomic E-state index is 5.21. The number of halogens is 4. The van der Waals surface area contributed by atoms with Gasteiger partial charge in [-0.25, -0.2) is 0 Å². The van der Waals surface area contributed by atoms with Crippen molar-refractivity contribution in [1.82, 2.24) is 0 Å². The first kappa shape index (κ1) is 8.02. The van der Waals surface area contributed by atoms with E-state index in [1.807, 2.05) is 0 Å². The molecular weight excluding hydrogens is 204 g/mol. The van der Waals surface area contributed by atoms with Gasteiger partial charge in [0.15, 0.2) is 0 Å². The molecular formula is Cl4P2. The fourth-order valence-electron chi connectivity index (χ4n) is 0. The highest BCUT2D eigenvalue weighted by atomic mass is 36.0. The Balaban J connectivity index is 2.99. The van der Waals surface area contributed by atoms with Gasteiger partial charge in [0.1, 0.15) is 12.6 Å². The highest BCUT2D eigenvalue weighted by Gasteiger charge is 2.08. The molecule has 0 nitrogen and oxygen atoms in total. The summed E-state index contributed by atoms with van der Waals surface area (Å²) in [7, 11) is 0. The number of hydrogen-bond acceptors (Lipinski definition) is 0. The molecule has 0 bridgehead atoms. The molecule has 6 heavy (non-hydrogen) atoms. The molecule has 0 unspecified atom stereocenters. The van der Waals surface area contributed by atoms with Gasteiger partial charge in [-0.15, -0.1) is 0 Å². The van der Waals surface area contributed by atoms with E-state index in [1.165, 1.54) is 0 Å². The van der Waals surface area contributed by atoms with E-state index in [0.717, 1.165) is 0 Å². The van der Waals surface area contributed by atoms with E-state index in [0.29, 0.717) is 0 Å². The van der Waals surface area contributed by atoms with Crippen LogP contribution in [0.1, 0.15) is 0 Å². The Hall–Kier alpha value is 2.02. The average Bonchev–Trinajstić information content (AvgIpc) is 1.36. The highest BCUT2D eigenvalue weighted by molar-refractivity contribution is 8.64. The summed E-state index contributed by atoms with van der Waals surface area (Å²) in [5.41, 5.74) is 0. The first-order chi connectivity index (χ1) is 2.64. The van der Waals surface area contributed by atoms with Crippen molar-refractivity contribution in [1.29, 1.82) is 0 Å². The van der Waals surface area contributed by atoms with Crippen LogP contribution in [0.2, 0.25) is 0 Å². The molecule has 38 valence electrons. The smallest absolute Gasteiger partial charge is 0.0704 e. The third-order valence-electron chi connectivity index (χ3n) is 0.114. The van der Waals surface area contributed by atoms with Crippen LogP contribution in [0.25, 0.3) is 0 Å². The van der Waals surface area contributed by atoms with Gasteiger partial charge in [0, 0.05) is 0 Å². The van der Waals surface area contributed by atoms with Crippen LogP contribution in [0.15, 0.2) is 0 Å². The molecule has 0 rings (SSSR count). The summed E-state index contributed by atoms with van der Waals surface area (Å²) in [5, 5.41) is 0. The fourth-order valence-corrected chi connectivity index (χ4v) is 0. The fraction of sp³-hybridized carbons (Fsp3) is 0. The zero-order valence-electron chi connectivity index (χ0n) is 2.41. The highest BCUT2D eigenvalue weighted by Crippen LogP contribution is 2.81. The predicted molar refractivity (Wildman–Crippen MR) is 37.3 cm³/mol. The van der Waals surface area contributed by atoms with Gasteiger partial charge < -0.3 is 0 Å². The lowest BCUT2D eigenvalue weighted by atomic mass is 29.6. The van der Waals surface area contributed by atoms with Gasteiger partial charge in [-0.05, 0) is 0 Å². The molecule has 0 aliphatic rings. The third-order valence-corrected chi connectivity index (χ3v) is 9.26. The Morgan fingerprint density at radius 2 is 0.833 bits per heavy atom. The standard InChI is InChI=1S/Cl4P2/c1-5(2)6(3)4. The Morgan fingerprint density at radius 3 is 0.833 bits per heavy atom. The summed E-state index contributed by atoms with van der Waals surface area (Å²) < 4.78 is 0. The minimum atomic E-state index is -1.12. The minimum Gasteiger partial charge on any atom is -0.0704 e. The number of rotatable bonds is 1. The van der Waals surface area contributed by atoms with Crippen LogP contribution in [0, 0.1) is 0 Å². The van der Waals surface area contributed by atoms with Gasteiger partial charge in [-0.1, -0.05) is 45.0 Å². The van der Waals surface area contributed by atoms with Crippen LogP contribution in [-0.2, 0) is 0 Å². The SMILES string of the molecule is ClP(Cl)P(Cl)Cl. The second kappa shape index (κ2) is 3.96. The van der Waals surface area contributed by atoms with Gasteiger partial charge in [0.25, 0.3) is 0 Å². The molecule has 0 aromatic rings. The predicted octanol–water partition coefficient (Wildman–Crippen LogP) is 4.48. The maximum atomic E-state index is 5.21. The first-order valence-electron chi connectivity index (χ1n) is 0.876. The number of hydrogen-bond donors (Lipinski definition) is 0. The molecule has 0 radical (unpaired) electrons. The zero-order chi connectivity index (χ0) is 5.15. The van der Waals surface area contributed by atoms with Crippen LogP contribution >= 0.6 is 57.6 Å². The molecule has 0 aliphatic heterocycles. The zero-order valence-corrected chi connectivity index (χ0v) is 7.22. The second-order valence-electron chi connectivity index (χ2n) is 0.430. The quantitative estimate of drug-likeness (QED) is 0.552. The van der Waals surface area contributed by atoms with E-state index in [1.54, 1.807) is 0 Å². The second-order valence-corrected chi connectivity index (χ2v) is 11.6. The molecule has 0 aliphatic carbocycles. The molecule has 0 saturated carbocycles. The van der Waals surface area contributed by atoms with Gasteiger partial charge in [0.2, 0.25) is 0 Å². The lowest BCUT2D eigenvalue weighted by molar-refractivity contribution is 4.47. The van der Waals surface area contributed by atoms with Gasteiger partial charge >= 0.3 is 0 Å². The van der Waals surface area contributed by atoms with E-state index in [-0.39, 0.29) is 0 Å². The van der Waals surface area contributed by atoms with Crippen molar-refractivity contribution in [3.05, 3.63) is 0 Å². The molecule has 0 fully saturated rings. The lowest BCUT2D eigenvalue weighted by Crippen LogP contribution is -1.20. The van der Waals surface area contributed by atoms with E-state index < -0.39 is 12.6 Å². The molecule has 0 aromatic heterocycles. The summed E-state index contributed by atoms with van der Waals surface area (Å²) in [6.45, 7) is 0. The monoisotopic (exact) mass is 202 g/mol. The van der Waals surface area contributed by atoms with E-state index >= 15 is 0 Å². The molecule has 0 saturated heterocycles. The molecule has 6 heteroatoms.